The molecule has 0 spiro atoms. The van der Waals surface area contributed by atoms with Gasteiger partial charge in [0.05, 0.1) is 6.04 Å². The van der Waals surface area contributed by atoms with Gasteiger partial charge in [0, 0.05) is 11.6 Å². The Hall–Kier alpha value is -1.15. The summed E-state index contributed by atoms with van der Waals surface area (Å²) in [6.07, 6.45) is -3.28. The highest BCUT2D eigenvalue weighted by molar-refractivity contribution is 7.09. The Labute approximate surface area is 100 Å². The molecule has 4 nitrogen and oxygen atoms in total. The van der Waals surface area contributed by atoms with E-state index in [1.807, 2.05) is 0 Å². The third-order valence-corrected chi connectivity index (χ3v) is 3.19. The van der Waals surface area contributed by atoms with Crippen molar-refractivity contribution in [2.45, 2.75) is 31.6 Å². The molecule has 1 rings (SSSR count). The molecule has 96 valence electrons. The molecule has 17 heavy (non-hydrogen) atoms. The molecule has 0 fully saturated rings. The number of hydrogen-bond acceptors (Lipinski definition) is 4. The first kappa shape index (κ1) is 13.9. The largest absolute Gasteiger partial charge is 0.415 e. The number of nitrogens with one attached hydrogen (secondary N) is 1. The molecule has 0 bridgehead atoms. The smallest absolute Gasteiger partial charge is 0.345 e. The Morgan fingerprint density at radius 2 is 2.18 bits per heavy atom. The molecule has 3 N–H and O–H groups in total. The summed E-state index contributed by atoms with van der Waals surface area (Å²) in [7, 11) is 0. The van der Waals surface area contributed by atoms with Gasteiger partial charge >= 0.3 is 6.18 Å². The summed E-state index contributed by atoms with van der Waals surface area (Å²) in [5, 5.41) is 4.39. The van der Waals surface area contributed by atoms with E-state index in [4.69, 9.17) is 5.73 Å². The topological polar surface area (TPSA) is 68.0 Å². The number of aromatic nitrogens is 1. The first-order valence-corrected chi connectivity index (χ1v) is 5.60. The Bertz CT molecular complexity index is 389. The molecular formula is C9H12F3N3OS. The maximum atomic E-state index is 12.5. The third kappa shape index (κ3) is 2.95. The van der Waals surface area contributed by atoms with Gasteiger partial charge in [-0.1, -0.05) is 0 Å². The highest BCUT2D eigenvalue weighted by Crippen LogP contribution is 2.28. The van der Waals surface area contributed by atoms with Crippen LogP contribution in [0.1, 0.15) is 24.9 Å². The number of halogens is 3. The molecule has 0 radical (unpaired) electrons. The van der Waals surface area contributed by atoms with Gasteiger partial charge in [0.1, 0.15) is 5.01 Å². The SMILES string of the molecule is CC(NC(=O)C(C)(N)C(F)(F)F)c1nccs1. The van der Waals surface area contributed by atoms with Crippen molar-refractivity contribution in [3.63, 3.8) is 0 Å². The van der Waals surface area contributed by atoms with Crippen molar-refractivity contribution in [3.8, 4) is 0 Å². The highest BCUT2D eigenvalue weighted by Gasteiger charge is 2.54. The maximum Gasteiger partial charge on any atom is 0.415 e. The Kier molecular flexibility index (Phi) is 3.78. The van der Waals surface area contributed by atoms with E-state index in [1.54, 1.807) is 12.3 Å². The van der Waals surface area contributed by atoms with Crippen molar-refractivity contribution < 1.29 is 18.0 Å². The summed E-state index contributed by atoms with van der Waals surface area (Å²) in [6, 6.07) is -0.604. The van der Waals surface area contributed by atoms with E-state index in [0.717, 1.165) is 0 Å². The monoisotopic (exact) mass is 267 g/mol. The number of carbonyl (C=O) groups is 1. The van der Waals surface area contributed by atoms with Crippen LogP contribution in [0.15, 0.2) is 11.6 Å². The first-order chi connectivity index (χ1) is 7.66. The highest BCUT2D eigenvalue weighted by atomic mass is 32.1. The van der Waals surface area contributed by atoms with Gasteiger partial charge < -0.3 is 11.1 Å². The second kappa shape index (κ2) is 4.61. The van der Waals surface area contributed by atoms with E-state index in [2.05, 4.69) is 10.3 Å². The average molecular weight is 267 g/mol. The molecule has 0 saturated heterocycles. The number of thiazole rings is 1. The molecule has 1 aromatic rings. The second-order valence-corrected chi connectivity index (χ2v) is 4.69. The fraction of sp³-hybridized carbons (Fsp3) is 0.556. The van der Waals surface area contributed by atoms with Gasteiger partial charge in [-0.15, -0.1) is 11.3 Å². The van der Waals surface area contributed by atoms with Crippen LogP contribution in [-0.4, -0.2) is 22.6 Å². The Morgan fingerprint density at radius 1 is 1.59 bits per heavy atom. The quantitative estimate of drug-likeness (QED) is 0.874. The lowest BCUT2D eigenvalue weighted by atomic mass is 10.0. The van der Waals surface area contributed by atoms with Gasteiger partial charge in [0.15, 0.2) is 5.54 Å². The van der Waals surface area contributed by atoms with E-state index in [-0.39, 0.29) is 0 Å². The van der Waals surface area contributed by atoms with Gasteiger partial charge in [0.25, 0.3) is 0 Å². The van der Waals surface area contributed by atoms with Gasteiger partial charge in [-0.3, -0.25) is 4.79 Å². The summed E-state index contributed by atoms with van der Waals surface area (Å²) in [4.78, 5) is 15.3. The molecule has 0 aliphatic rings. The molecule has 1 amide bonds. The zero-order valence-electron chi connectivity index (χ0n) is 9.21. The lowest BCUT2D eigenvalue weighted by Crippen LogP contribution is -2.61. The molecule has 2 atom stereocenters. The molecule has 0 aromatic carbocycles. The van der Waals surface area contributed by atoms with Gasteiger partial charge in [-0.2, -0.15) is 13.2 Å². The van der Waals surface area contributed by atoms with Crippen molar-refractivity contribution in [2.24, 2.45) is 5.73 Å². The van der Waals surface area contributed by atoms with E-state index in [9.17, 15) is 18.0 Å². The van der Waals surface area contributed by atoms with Crippen LogP contribution in [0.4, 0.5) is 13.2 Å². The summed E-state index contributed by atoms with van der Waals surface area (Å²) < 4.78 is 37.4. The number of hydrogen-bond donors (Lipinski definition) is 2. The normalized spacial score (nSPS) is 17.3. The third-order valence-electron chi connectivity index (χ3n) is 2.23. The lowest BCUT2D eigenvalue weighted by Gasteiger charge is -2.27. The lowest BCUT2D eigenvalue weighted by molar-refractivity contribution is -0.187. The molecule has 2 unspecified atom stereocenters. The molecule has 1 aromatic heterocycles. The van der Waals surface area contributed by atoms with Crippen molar-refractivity contribution >= 4 is 17.2 Å². The van der Waals surface area contributed by atoms with E-state index < -0.39 is 23.7 Å². The van der Waals surface area contributed by atoms with E-state index in [1.165, 1.54) is 17.5 Å². The average Bonchev–Trinajstić information content (AvgIpc) is 2.68. The molecule has 0 aliphatic heterocycles. The minimum Gasteiger partial charge on any atom is -0.345 e. The Morgan fingerprint density at radius 3 is 2.59 bits per heavy atom. The molecule has 1 heterocycles. The zero-order chi connectivity index (χ0) is 13.3. The second-order valence-electron chi connectivity index (χ2n) is 3.77. The van der Waals surface area contributed by atoms with Gasteiger partial charge in [0.2, 0.25) is 5.91 Å². The molecule has 0 aliphatic carbocycles. The van der Waals surface area contributed by atoms with Crippen LogP contribution in [0.5, 0.6) is 0 Å². The number of rotatable bonds is 3. The molecule has 8 heteroatoms. The van der Waals surface area contributed by atoms with Crippen molar-refractivity contribution in [2.75, 3.05) is 0 Å². The number of alkyl halides is 3. The standard InChI is InChI=1S/C9H12F3N3OS/c1-5(6-14-3-4-17-6)15-7(16)8(2,13)9(10,11)12/h3-5H,13H2,1-2H3,(H,15,16). The summed E-state index contributed by atoms with van der Waals surface area (Å²) in [6.45, 7) is 2.18. The number of nitrogens with two attached hydrogens (primary N) is 1. The predicted molar refractivity (Wildman–Crippen MR) is 57.3 cm³/mol. The fourth-order valence-electron chi connectivity index (χ4n) is 0.985. The van der Waals surface area contributed by atoms with Crippen molar-refractivity contribution in [1.82, 2.24) is 10.3 Å². The van der Waals surface area contributed by atoms with Crippen LogP contribution in [0.2, 0.25) is 0 Å². The summed E-state index contributed by atoms with van der Waals surface area (Å²) in [5.41, 5.74) is 2.08. The van der Waals surface area contributed by atoms with Crippen LogP contribution < -0.4 is 11.1 Å². The van der Waals surface area contributed by atoms with Crippen LogP contribution >= 0.6 is 11.3 Å². The maximum absolute atomic E-state index is 12.5. The van der Waals surface area contributed by atoms with Crippen molar-refractivity contribution in [1.29, 1.82) is 0 Å². The number of nitrogens with zero attached hydrogens (tertiary/aromatic N) is 1. The minimum atomic E-state index is -4.79. The van der Waals surface area contributed by atoms with Crippen LogP contribution in [-0.2, 0) is 4.79 Å². The van der Waals surface area contributed by atoms with Crippen LogP contribution in [0.25, 0.3) is 0 Å². The van der Waals surface area contributed by atoms with E-state index >= 15 is 0 Å². The number of carbonyl (C=O) groups excluding carboxylic acids is 1. The Balaban J connectivity index is 2.73. The molecular weight excluding hydrogens is 255 g/mol. The predicted octanol–water partition coefficient (Wildman–Crippen LogP) is 1.60. The summed E-state index contributed by atoms with van der Waals surface area (Å²) >= 11 is 1.24. The molecule has 0 saturated carbocycles. The first-order valence-electron chi connectivity index (χ1n) is 4.72. The summed E-state index contributed by atoms with van der Waals surface area (Å²) in [5.74, 6) is -1.27. The van der Waals surface area contributed by atoms with Crippen LogP contribution in [0, 0.1) is 0 Å². The van der Waals surface area contributed by atoms with Gasteiger partial charge in [-0.05, 0) is 13.8 Å². The van der Waals surface area contributed by atoms with Gasteiger partial charge in [-0.25, -0.2) is 4.98 Å². The van der Waals surface area contributed by atoms with Crippen LogP contribution in [0.3, 0.4) is 0 Å². The van der Waals surface area contributed by atoms with Crippen molar-refractivity contribution in [3.05, 3.63) is 16.6 Å². The fourth-order valence-corrected chi connectivity index (χ4v) is 1.63. The minimum absolute atomic E-state index is 0.524. The number of amides is 1. The van der Waals surface area contributed by atoms with E-state index in [0.29, 0.717) is 11.9 Å². The zero-order valence-corrected chi connectivity index (χ0v) is 10.0.